The number of ether oxygens (including phenoxy) is 3. The Labute approximate surface area is 301 Å². The minimum atomic E-state index is -0.983. The molecule has 0 spiro atoms. The summed E-state index contributed by atoms with van der Waals surface area (Å²) in [5, 5.41) is 24.2. The highest BCUT2D eigenvalue weighted by molar-refractivity contribution is 8.00. The lowest BCUT2D eigenvalue weighted by Crippen LogP contribution is -2.64. The van der Waals surface area contributed by atoms with E-state index in [0.717, 1.165) is 104 Å². The van der Waals surface area contributed by atoms with E-state index >= 15 is 0 Å². The fourth-order valence-corrected chi connectivity index (χ4v) is 9.44. The van der Waals surface area contributed by atoms with E-state index in [1.54, 1.807) is 12.4 Å². The van der Waals surface area contributed by atoms with Crippen molar-refractivity contribution in [3.63, 3.8) is 0 Å². The van der Waals surface area contributed by atoms with E-state index in [1.165, 1.54) is 0 Å². The third-order valence-electron chi connectivity index (χ3n) is 10.4. The van der Waals surface area contributed by atoms with Crippen molar-refractivity contribution in [3.8, 4) is 11.5 Å². The number of aliphatic hydroxyl groups excluding tert-OH is 2. The maximum atomic E-state index is 9.82. The first-order valence-corrected chi connectivity index (χ1v) is 19.6. The highest BCUT2D eigenvalue weighted by Gasteiger charge is 2.63. The van der Waals surface area contributed by atoms with Gasteiger partial charge in [0.1, 0.15) is 24.7 Å². The number of unbranched alkanes of at least 4 members (excludes halogenated alkanes) is 2. The number of aliphatic hydroxyl groups is 2. The molecule has 0 amide bonds. The smallest absolute Gasteiger partial charge is 0.230 e. The van der Waals surface area contributed by atoms with Crippen LogP contribution in [0.4, 0.5) is 0 Å². The minimum Gasteiger partial charge on any atom is -0.492 e. The first-order valence-electron chi connectivity index (χ1n) is 18.5. The molecular formula is C39H54N4O6S. The van der Waals surface area contributed by atoms with E-state index in [2.05, 4.69) is 39.7 Å². The molecule has 11 heteroatoms. The van der Waals surface area contributed by atoms with Gasteiger partial charge in [0.05, 0.1) is 29.2 Å². The Morgan fingerprint density at radius 3 is 2.72 bits per heavy atom. The Hall–Kier alpha value is -2.96. The first-order chi connectivity index (χ1) is 24.6. The Morgan fingerprint density at radius 1 is 1.14 bits per heavy atom. The fraction of sp³-hybridized carbons (Fsp3) is 0.615. The zero-order valence-corrected chi connectivity index (χ0v) is 30.3. The molecule has 6 atom stereocenters. The Kier molecular flexibility index (Phi) is 13.3. The van der Waals surface area contributed by atoms with E-state index < -0.39 is 5.79 Å². The van der Waals surface area contributed by atoms with E-state index in [9.17, 15) is 10.2 Å². The van der Waals surface area contributed by atoms with Crippen LogP contribution >= 0.6 is 11.8 Å². The van der Waals surface area contributed by atoms with Gasteiger partial charge in [-0.25, -0.2) is 0 Å². The predicted molar refractivity (Wildman–Crippen MR) is 197 cm³/mol. The molecule has 0 unspecified atom stereocenters. The van der Waals surface area contributed by atoms with Crippen LogP contribution in [0.3, 0.4) is 0 Å². The summed E-state index contributed by atoms with van der Waals surface area (Å²) >= 11 is 1.84. The molecule has 50 heavy (non-hydrogen) atoms. The molecule has 1 saturated heterocycles. The van der Waals surface area contributed by atoms with Gasteiger partial charge in [0.15, 0.2) is 0 Å². The molecule has 4 aliphatic rings. The normalized spacial score (nSPS) is 27.5. The van der Waals surface area contributed by atoms with Crippen molar-refractivity contribution in [2.75, 3.05) is 58.4 Å². The molecule has 0 bridgehead atoms. The van der Waals surface area contributed by atoms with Crippen molar-refractivity contribution < 1.29 is 29.3 Å². The minimum absolute atomic E-state index is 0.0485. The third kappa shape index (κ3) is 8.56. The summed E-state index contributed by atoms with van der Waals surface area (Å²) in [4.78, 5) is 17.0. The lowest BCUT2D eigenvalue weighted by atomic mass is 9.56. The summed E-state index contributed by atoms with van der Waals surface area (Å²) in [6.07, 6.45) is 16.2. The van der Waals surface area contributed by atoms with E-state index in [0.29, 0.717) is 26.2 Å². The second-order valence-corrected chi connectivity index (χ2v) is 15.0. The second-order valence-electron chi connectivity index (χ2n) is 13.7. The highest BCUT2D eigenvalue weighted by atomic mass is 32.2. The summed E-state index contributed by atoms with van der Waals surface area (Å²) in [7, 11) is 0. The summed E-state index contributed by atoms with van der Waals surface area (Å²) in [6.45, 7) is 11.0. The summed E-state index contributed by atoms with van der Waals surface area (Å²) < 4.78 is 20.6. The predicted octanol–water partition coefficient (Wildman–Crippen LogP) is 5.80. The zero-order valence-electron chi connectivity index (χ0n) is 29.5. The van der Waals surface area contributed by atoms with Gasteiger partial charge in [-0.15, -0.1) is 6.58 Å². The summed E-state index contributed by atoms with van der Waals surface area (Å²) in [5.41, 5.74) is 4.19. The highest BCUT2D eigenvalue weighted by Crippen LogP contribution is 2.62. The topological polar surface area (TPSA) is 119 Å². The van der Waals surface area contributed by atoms with Crippen LogP contribution in [0.5, 0.6) is 11.5 Å². The van der Waals surface area contributed by atoms with Gasteiger partial charge in [-0.1, -0.05) is 30.1 Å². The van der Waals surface area contributed by atoms with Gasteiger partial charge in [-0.3, -0.25) is 14.9 Å². The SMILES string of the molecule is C=CCO[C@@]12Oc3ccc(OCCN4CC4)cc3[C@H]3[C@H](CCCCO)[C@@H](CCCCO)C=C(C(=NOCC)C[C@@H]1SCCc1cnccn1)[C@H]32. The van der Waals surface area contributed by atoms with Gasteiger partial charge in [0.2, 0.25) is 5.79 Å². The molecule has 1 saturated carbocycles. The molecule has 10 nitrogen and oxygen atoms in total. The number of rotatable bonds is 21. The van der Waals surface area contributed by atoms with Gasteiger partial charge >= 0.3 is 0 Å². The van der Waals surface area contributed by atoms with Gasteiger partial charge in [-0.05, 0) is 74.0 Å². The third-order valence-corrected chi connectivity index (χ3v) is 11.8. The number of fused-ring (bicyclic) bond motifs is 2. The zero-order chi connectivity index (χ0) is 34.8. The van der Waals surface area contributed by atoms with Crippen LogP contribution < -0.4 is 9.47 Å². The molecule has 2 N–H and O–H groups in total. The van der Waals surface area contributed by atoms with Crippen LogP contribution in [0.25, 0.3) is 0 Å². The molecule has 2 aromatic rings. The van der Waals surface area contributed by atoms with Gasteiger partial charge in [0.25, 0.3) is 0 Å². The largest absolute Gasteiger partial charge is 0.492 e. The monoisotopic (exact) mass is 706 g/mol. The summed E-state index contributed by atoms with van der Waals surface area (Å²) in [5.74, 6) is 1.91. The first kappa shape index (κ1) is 36.8. The number of allylic oxidation sites excluding steroid dienone is 1. The van der Waals surface area contributed by atoms with E-state index in [4.69, 9.17) is 24.2 Å². The molecule has 2 fully saturated rings. The molecule has 6 rings (SSSR count). The number of aryl methyl sites for hydroxylation is 1. The molecule has 2 aliphatic carbocycles. The lowest BCUT2D eigenvalue weighted by Gasteiger charge is -2.58. The van der Waals surface area contributed by atoms with Crippen LogP contribution in [-0.4, -0.2) is 100 Å². The van der Waals surface area contributed by atoms with Crippen molar-refractivity contribution in [2.45, 2.75) is 75.2 Å². The van der Waals surface area contributed by atoms with Gasteiger partial charge in [-0.2, -0.15) is 11.8 Å². The van der Waals surface area contributed by atoms with Crippen molar-refractivity contribution in [1.82, 2.24) is 14.9 Å². The molecule has 1 aromatic heterocycles. The Morgan fingerprint density at radius 2 is 1.98 bits per heavy atom. The number of benzene rings is 1. The quantitative estimate of drug-likeness (QED) is 0.0714. The maximum Gasteiger partial charge on any atom is 0.230 e. The number of hydrogen-bond donors (Lipinski definition) is 2. The van der Waals surface area contributed by atoms with Crippen LogP contribution in [0.15, 0.2) is 66.2 Å². The number of oxime groups is 1. The van der Waals surface area contributed by atoms with Crippen LogP contribution in [0.2, 0.25) is 0 Å². The lowest BCUT2D eigenvalue weighted by molar-refractivity contribution is -0.223. The van der Waals surface area contributed by atoms with Crippen molar-refractivity contribution in [1.29, 1.82) is 0 Å². The molecule has 1 aromatic carbocycles. The van der Waals surface area contributed by atoms with Crippen LogP contribution in [-0.2, 0) is 16.0 Å². The standard InChI is InChI=1S/C39H54N4O6S/c1-3-21-47-39-36(50-23-13-29-27-40-14-15-41-29)26-34(42-48-4-2)32-24-28(9-5-7-19-44)31(10-6-8-20-45)37(38(32)39)33-25-30(11-12-35(33)49-39)46-22-18-43-16-17-43/h3,11-12,14-15,24-25,27-28,31,36-38,44-45H,1,4-10,13,16-23,26H2,2H3/t28-,31+,36-,37+,38+,39+/m0/s1. The fourth-order valence-electron chi connectivity index (χ4n) is 8.06. The summed E-state index contributed by atoms with van der Waals surface area (Å²) in [6, 6.07) is 6.31. The number of hydrogen-bond acceptors (Lipinski definition) is 11. The number of thioether (sulfide) groups is 1. The molecule has 2 aliphatic heterocycles. The maximum absolute atomic E-state index is 9.82. The number of aromatic nitrogens is 2. The van der Waals surface area contributed by atoms with Crippen molar-refractivity contribution in [3.05, 3.63) is 72.4 Å². The van der Waals surface area contributed by atoms with E-state index in [-0.39, 0.29) is 42.1 Å². The van der Waals surface area contributed by atoms with Crippen molar-refractivity contribution in [2.24, 2.45) is 22.9 Å². The van der Waals surface area contributed by atoms with Crippen LogP contribution in [0.1, 0.15) is 69.0 Å². The number of nitrogens with zero attached hydrogens (tertiary/aromatic N) is 4. The van der Waals surface area contributed by atoms with Gasteiger partial charge in [0, 0.05) is 75.8 Å². The second kappa shape index (κ2) is 18.0. The molecule has 3 heterocycles. The Balaban J connectivity index is 1.45. The molecule has 0 radical (unpaired) electrons. The molecular weight excluding hydrogens is 653 g/mol. The molecule has 272 valence electrons. The van der Waals surface area contributed by atoms with Crippen LogP contribution in [0, 0.1) is 17.8 Å². The Bertz CT molecular complexity index is 1460. The van der Waals surface area contributed by atoms with Crippen molar-refractivity contribution >= 4 is 17.5 Å². The van der Waals surface area contributed by atoms with Gasteiger partial charge < -0.3 is 29.3 Å². The van der Waals surface area contributed by atoms with E-state index in [1.807, 2.05) is 37.0 Å². The average Bonchev–Trinajstić information content (AvgIpc) is 3.97. The average molecular weight is 707 g/mol.